The first kappa shape index (κ1) is 27.2. The van der Waals surface area contributed by atoms with Gasteiger partial charge in [-0.25, -0.2) is 9.59 Å². The van der Waals surface area contributed by atoms with Crippen molar-refractivity contribution in [2.45, 2.75) is 51.2 Å². The number of carboxylic acid groups (broad SMARTS) is 1. The van der Waals surface area contributed by atoms with Crippen molar-refractivity contribution in [3.05, 3.63) is 60.2 Å². The summed E-state index contributed by atoms with van der Waals surface area (Å²) in [6.45, 7) is 3.62. The van der Waals surface area contributed by atoms with E-state index in [2.05, 4.69) is 16.0 Å². The molecule has 11 nitrogen and oxygen atoms in total. The van der Waals surface area contributed by atoms with E-state index in [0.29, 0.717) is 11.4 Å². The monoisotopic (exact) mass is 509 g/mol. The summed E-state index contributed by atoms with van der Waals surface area (Å²) in [7, 11) is 0. The highest BCUT2D eigenvalue weighted by Crippen LogP contribution is 2.34. The number of nitrogens with zero attached hydrogens (tertiary/aromatic N) is 1. The number of hydrogen-bond donors (Lipinski definition) is 5. The quantitative estimate of drug-likeness (QED) is 0.326. The summed E-state index contributed by atoms with van der Waals surface area (Å²) in [4.78, 5) is 63.9. The molecule has 2 aromatic rings. The zero-order valence-electron chi connectivity index (χ0n) is 20.6. The lowest BCUT2D eigenvalue weighted by molar-refractivity contribution is -0.142. The molecule has 1 aliphatic heterocycles. The summed E-state index contributed by atoms with van der Waals surface area (Å²) >= 11 is 0. The van der Waals surface area contributed by atoms with Crippen LogP contribution in [0.4, 0.5) is 16.2 Å². The molecule has 0 aromatic heterocycles. The van der Waals surface area contributed by atoms with Crippen molar-refractivity contribution in [3.8, 4) is 0 Å². The number of primary amides is 1. The maximum atomic E-state index is 13.6. The molecule has 6 N–H and O–H groups in total. The van der Waals surface area contributed by atoms with Gasteiger partial charge in [0.05, 0.1) is 11.4 Å². The number of amides is 5. The lowest BCUT2D eigenvalue weighted by atomic mass is 9.97. The van der Waals surface area contributed by atoms with Gasteiger partial charge in [-0.2, -0.15) is 0 Å². The molecule has 3 rings (SSSR count). The number of benzene rings is 2. The molecule has 3 atom stereocenters. The Balaban J connectivity index is 1.90. The first-order chi connectivity index (χ1) is 17.6. The van der Waals surface area contributed by atoms with Crippen molar-refractivity contribution in [2.75, 3.05) is 10.2 Å². The number of nitrogens with one attached hydrogen (secondary N) is 3. The van der Waals surface area contributed by atoms with Gasteiger partial charge >= 0.3 is 12.0 Å². The third-order valence-corrected chi connectivity index (χ3v) is 6.01. The number of nitrogens with two attached hydrogens (primary N) is 1. The molecule has 0 unspecified atom stereocenters. The van der Waals surface area contributed by atoms with Crippen LogP contribution in [0.25, 0.3) is 0 Å². The molecule has 5 amide bonds. The highest BCUT2D eigenvalue weighted by atomic mass is 16.4. The van der Waals surface area contributed by atoms with Crippen molar-refractivity contribution in [1.29, 1.82) is 0 Å². The summed E-state index contributed by atoms with van der Waals surface area (Å²) < 4.78 is 0. The maximum Gasteiger partial charge on any atom is 0.326 e. The first-order valence-corrected chi connectivity index (χ1v) is 11.9. The van der Waals surface area contributed by atoms with Crippen LogP contribution in [0.15, 0.2) is 54.6 Å². The minimum atomic E-state index is -1.37. The van der Waals surface area contributed by atoms with Crippen LogP contribution < -0.4 is 26.6 Å². The fourth-order valence-electron chi connectivity index (χ4n) is 4.19. The number of para-hydroxylation sites is 2. The zero-order chi connectivity index (χ0) is 27.1. The highest BCUT2D eigenvalue weighted by Gasteiger charge is 2.40. The van der Waals surface area contributed by atoms with Gasteiger partial charge in [0.25, 0.3) is 0 Å². The van der Waals surface area contributed by atoms with Gasteiger partial charge < -0.3 is 26.8 Å². The summed E-state index contributed by atoms with van der Waals surface area (Å²) in [6, 6.07) is 11.7. The van der Waals surface area contributed by atoms with Gasteiger partial charge in [0.2, 0.25) is 17.7 Å². The Kier molecular flexibility index (Phi) is 8.83. The molecule has 0 fully saturated rings. The van der Waals surface area contributed by atoms with Crippen LogP contribution in [-0.4, -0.2) is 53.0 Å². The lowest BCUT2D eigenvalue weighted by Gasteiger charge is -2.39. The summed E-state index contributed by atoms with van der Waals surface area (Å²) in [5.41, 5.74) is 6.79. The second-order valence-electron chi connectivity index (χ2n) is 9.16. The van der Waals surface area contributed by atoms with Gasteiger partial charge in [-0.3, -0.25) is 19.3 Å². The van der Waals surface area contributed by atoms with E-state index in [4.69, 9.17) is 5.73 Å². The zero-order valence-corrected chi connectivity index (χ0v) is 20.6. The Labute approximate surface area is 214 Å². The van der Waals surface area contributed by atoms with E-state index >= 15 is 0 Å². The molecule has 0 saturated carbocycles. The van der Waals surface area contributed by atoms with Crippen LogP contribution in [0.1, 0.15) is 32.3 Å². The average molecular weight is 510 g/mol. The van der Waals surface area contributed by atoms with Gasteiger partial charge in [-0.05, 0) is 30.0 Å². The average Bonchev–Trinajstić information content (AvgIpc) is 2.85. The van der Waals surface area contributed by atoms with Gasteiger partial charge in [-0.15, -0.1) is 0 Å². The summed E-state index contributed by atoms with van der Waals surface area (Å²) in [6.07, 6.45) is -0.366. The second-order valence-corrected chi connectivity index (χ2v) is 9.16. The largest absolute Gasteiger partial charge is 0.480 e. The first-order valence-electron chi connectivity index (χ1n) is 11.9. The molecular formula is C26H31N5O6. The predicted octanol–water partition coefficient (Wildman–Crippen LogP) is 1.63. The molecule has 0 aliphatic carbocycles. The molecule has 1 heterocycles. The van der Waals surface area contributed by atoms with E-state index in [1.54, 1.807) is 54.6 Å². The van der Waals surface area contributed by atoms with Gasteiger partial charge in [-0.1, -0.05) is 56.3 Å². The van der Waals surface area contributed by atoms with Crippen molar-refractivity contribution in [3.63, 3.8) is 0 Å². The van der Waals surface area contributed by atoms with E-state index in [1.165, 1.54) is 4.90 Å². The van der Waals surface area contributed by atoms with E-state index in [-0.39, 0.29) is 31.1 Å². The standard InChI is InChI=1S/C26H31N5O6/c1-15(2)22-24(34)28-17-10-6-7-11-20(17)31(22)26(37)30-19(14-16-8-4-3-5-9-16)23(33)29-18(25(35)36)12-13-21(27)32/h3-11,15,18-19,22H,12-14H2,1-2H3,(H2,27,32)(H,28,34)(H,29,33)(H,30,37)(H,35,36)/t18-,19-,22-/m1/s1. The Morgan fingerprint density at radius 3 is 2.27 bits per heavy atom. The van der Waals surface area contributed by atoms with E-state index in [9.17, 15) is 29.1 Å². The van der Waals surface area contributed by atoms with Crippen molar-refractivity contribution in [1.82, 2.24) is 10.6 Å². The topological polar surface area (TPSA) is 171 Å². The van der Waals surface area contributed by atoms with Crippen molar-refractivity contribution < 1.29 is 29.1 Å². The molecule has 0 spiro atoms. The predicted molar refractivity (Wildman–Crippen MR) is 137 cm³/mol. The van der Waals surface area contributed by atoms with Crippen LogP contribution in [0.3, 0.4) is 0 Å². The molecule has 11 heteroatoms. The Morgan fingerprint density at radius 2 is 1.65 bits per heavy atom. The molecule has 0 bridgehead atoms. The minimum absolute atomic E-state index is 0.0641. The number of fused-ring (bicyclic) bond motifs is 1. The fourth-order valence-corrected chi connectivity index (χ4v) is 4.19. The van der Waals surface area contributed by atoms with Gasteiger partial charge in [0.15, 0.2) is 0 Å². The summed E-state index contributed by atoms with van der Waals surface area (Å²) in [5, 5.41) is 17.4. The number of carbonyl (C=O) groups is 5. The molecule has 2 aromatic carbocycles. The van der Waals surface area contributed by atoms with E-state index in [0.717, 1.165) is 5.56 Å². The number of urea groups is 1. The smallest absolute Gasteiger partial charge is 0.326 e. The number of anilines is 2. The molecule has 37 heavy (non-hydrogen) atoms. The van der Waals surface area contributed by atoms with Crippen LogP contribution in [0, 0.1) is 5.92 Å². The van der Waals surface area contributed by atoms with Gasteiger partial charge in [0.1, 0.15) is 18.1 Å². The molecule has 0 saturated heterocycles. The minimum Gasteiger partial charge on any atom is -0.480 e. The number of aliphatic carboxylic acids is 1. The van der Waals surface area contributed by atoms with E-state index in [1.807, 2.05) is 13.8 Å². The maximum absolute atomic E-state index is 13.6. The van der Waals surface area contributed by atoms with Crippen LogP contribution in [0.2, 0.25) is 0 Å². The van der Waals surface area contributed by atoms with Crippen molar-refractivity contribution >= 4 is 41.1 Å². The highest BCUT2D eigenvalue weighted by molar-refractivity contribution is 6.12. The third kappa shape index (κ3) is 6.84. The van der Waals surface area contributed by atoms with E-state index < -0.39 is 41.9 Å². The fraction of sp³-hybridized carbons (Fsp3) is 0.346. The Morgan fingerprint density at radius 1 is 1.00 bits per heavy atom. The van der Waals surface area contributed by atoms with Crippen LogP contribution in [0.5, 0.6) is 0 Å². The second kappa shape index (κ2) is 12.0. The number of carbonyl (C=O) groups excluding carboxylic acids is 4. The van der Waals surface area contributed by atoms with Gasteiger partial charge in [0, 0.05) is 12.8 Å². The Bertz CT molecular complexity index is 1170. The molecular weight excluding hydrogens is 478 g/mol. The number of rotatable bonds is 10. The van der Waals surface area contributed by atoms with Crippen LogP contribution >= 0.6 is 0 Å². The normalized spacial score (nSPS) is 16.2. The number of carboxylic acids is 1. The molecule has 0 radical (unpaired) electrons. The van der Waals surface area contributed by atoms with Crippen LogP contribution in [-0.2, 0) is 25.6 Å². The third-order valence-electron chi connectivity index (χ3n) is 6.01. The number of hydrogen-bond acceptors (Lipinski definition) is 5. The van der Waals surface area contributed by atoms with Crippen molar-refractivity contribution in [2.24, 2.45) is 11.7 Å². The Hall–Kier alpha value is -4.41. The molecule has 196 valence electrons. The SMILES string of the molecule is CC(C)[C@@H]1C(=O)Nc2ccccc2N1C(=O)N[C@H](Cc1ccccc1)C(=O)N[C@H](CCC(N)=O)C(=O)O. The lowest BCUT2D eigenvalue weighted by Crippen LogP contribution is -2.60. The summed E-state index contributed by atoms with van der Waals surface area (Å²) in [5.74, 6) is -3.38. The molecule has 1 aliphatic rings.